The smallest absolute Gasteiger partial charge is 0.237 e. The molecule has 84 heavy (non-hydrogen) atoms. The van der Waals surface area contributed by atoms with Crippen LogP contribution in [0.15, 0.2) is 235 Å². The van der Waals surface area contributed by atoms with Gasteiger partial charge in [0.25, 0.3) is 0 Å². The van der Waals surface area contributed by atoms with Crippen LogP contribution in [0, 0.1) is 31.8 Å². The summed E-state index contributed by atoms with van der Waals surface area (Å²) in [5.41, 5.74) is 16.3. The molecule has 0 N–H and O–H groups in total. The van der Waals surface area contributed by atoms with Crippen molar-refractivity contribution in [1.82, 2.24) is 18.3 Å². The van der Waals surface area contributed by atoms with Crippen molar-refractivity contribution in [2.45, 2.75) is 13.8 Å². The Morgan fingerprint density at radius 2 is 0.905 bits per heavy atom. The Bertz CT molecular complexity index is 5780. The number of nitrogens with zero attached hydrogens (tertiary/aromatic N) is 6. The van der Waals surface area contributed by atoms with Crippen molar-refractivity contribution < 1.29 is 4.42 Å². The van der Waals surface area contributed by atoms with E-state index >= 15 is 0 Å². The number of benzene rings is 12. The number of rotatable bonds is 5. The highest BCUT2D eigenvalue weighted by Gasteiger charge is 2.36. The van der Waals surface area contributed by atoms with Gasteiger partial charge in [0.2, 0.25) is 5.69 Å². The van der Waals surface area contributed by atoms with E-state index < -0.39 is 0 Å². The molecule has 7 nitrogen and oxygen atoms in total. The van der Waals surface area contributed by atoms with E-state index in [-0.39, 0.29) is 0 Å². The highest BCUT2D eigenvalue weighted by Crippen LogP contribution is 2.54. The molecule has 18 rings (SSSR count). The molecule has 6 heterocycles. The van der Waals surface area contributed by atoms with Gasteiger partial charge >= 0.3 is 0 Å². The molecule has 0 atom stereocenters. The van der Waals surface area contributed by atoms with E-state index in [9.17, 15) is 11.8 Å². The Kier molecular flexibility index (Phi) is 9.53. The number of aryl methyl sites for hydroxylation is 2. The fourth-order valence-electron chi connectivity index (χ4n) is 14.2. The second-order valence-electron chi connectivity index (χ2n) is 22.2. The molecule has 0 aliphatic heterocycles. The van der Waals surface area contributed by atoms with E-state index in [2.05, 4.69) is 244 Å². The fraction of sp³-hybridized carbons (Fsp3) is 0.0263. The third kappa shape index (κ3) is 6.11. The molecule has 0 aliphatic rings. The molecule has 8 heteroatoms. The lowest BCUT2D eigenvalue weighted by molar-refractivity contribution is 0.671. The third-order valence-electron chi connectivity index (χ3n) is 17.9. The van der Waals surface area contributed by atoms with E-state index in [0.29, 0.717) is 39.6 Å². The average molecular weight is 1090 g/mol. The normalized spacial score (nSPS) is 12.1. The summed E-state index contributed by atoms with van der Waals surface area (Å²) in [6, 6.07) is 84.7. The molecule has 0 saturated heterocycles. The van der Waals surface area contributed by atoms with Crippen LogP contribution >= 0.6 is 11.3 Å². The number of para-hydroxylation sites is 5. The van der Waals surface area contributed by atoms with Gasteiger partial charge in [0.15, 0.2) is 5.58 Å². The lowest BCUT2D eigenvalue weighted by atomic mass is 10.0. The lowest BCUT2D eigenvalue weighted by Gasteiger charge is -2.27. The Hall–Kier alpha value is -11.2. The van der Waals surface area contributed by atoms with Crippen LogP contribution in [0.2, 0.25) is 0 Å². The summed E-state index contributed by atoms with van der Waals surface area (Å²) >= 11 is 1.79. The summed E-state index contributed by atoms with van der Waals surface area (Å²) in [6.45, 7) is 14.5. The van der Waals surface area contributed by atoms with E-state index in [1.165, 1.54) is 15.6 Å². The highest BCUT2D eigenvalue weighted by atomic mass is 32.1. The highest BCUT2D eigenvalue weighted by molar-refractivity contribution is 7.26. The number of fused-ring (bicyclic) bond motifs is 20. The summed E-state index contributed by atoms with van der Waals surface area (Å²) in [6.07, 6.45) is 0. The van der Waals surface area contributed by atoms with Crippen LogP contribution in [0.4, 0.5) is 5.69 Å². The van der Waals surface area contributed by atoms with E-state index in [4.69, 9.17) is 9.26 Å². The zero-order valence-electron chi connectivity index (χ0n) is 45.4. The first kappa shape index (κ1) is 46.6. The maximum Gasteiger partial charge on any atom is 0.237 e. The summed E-state index contributed by atoms with van der Waals surface area (Å²) in [5, 5.41) is 25.5. The summed E-state index contributed by atoms with van der Waals surface area (Å²) < 4.78 is 18.7. The minimum absolute atomic E-state index is 0.318. The minimum Gasteiger partial charge on any atom is -0.454 e. The molecule has 0 amide bonds. The fourth-order valence-corrected chi connectivity index (χ4v) is 15.4. The molecule has 18 aromatic rings. The van der Waals surface area contributed by atoms with E-state index in [1.54, 1.807) is 11.3 Å². The molecule has 0 bridgehead atoms. The van der Waals surface area contributed by atoms with Crippen LogP contribution < -0.4 is 0 Å². The van der Waals surface area contributed by atoms with Gasteiger partial charge in [0, 0.05) is 69.3 Å². The Balaban J connectivity index is 1.17. The topological polar surface area (TPSA) is 61.0 Å². The molecule has 0 aliphatic carbocycles. The first-order valence-corrected chi connectivity index (χ1v) is 29.1. The van der Waals surface area contributed by atoms with E-state index in [0.717, 1.165) is 130 Å². The molecular formula is C76H44N6OS. The van der Waals surface area contributed by atoms with Crippen LogP contribution in [0.5, 0.6) is 0 Å². The number of furan rings is 1. The summed E-state index contributed by atoms with van der Waals surface area (Å²) in [7, 11) is 0. The van der Waals surface area contributed by atoms with Gasteiger partial charge in [-0.25, -0.2) is 4.85 Å². The Labute approximate surface area is 483 Å². The number of nitriles is 1. The van der Waals surface area contributed by atoms with Crippen molar-refractivity contribution in [1.29, 1.82) is 5.26 Å². The Morgan fingerprint density at radius 3 is 1.56 bits per heavy atom. The minimum atomic E-state index is 0.318. The molecule has 0 spiro atoms. The average Bonchev–Trinajstić information content (AvgIpc) is 1.54. The molecule has 0 radical (unpaired) electrons. The van der Waals surface area contributed by atoms with Crippen molar-refractivity contribution >= 4 is 146 Å². The van der Waals surface area contributed by atoms with Gasteiger partial charge < -0.3 is 22.7 Å². The maximum absolute atomic E-state index is 13.0. The van der Waals surface area contributed by atoms with Crippen molar-refractivity contribution in [2.75, 3.05) is 0 Å². The van der Waals surface area contributed by atoms with Gasteiger partial charge in [0.1, 0.15) is 11.7 Å². The molecule has 0 fully saturated rings. The molecule has 0 saturated carbocycles. The maximum atomic E-state index is 13.0. The van der Waals surface area contributed by atoms with Crippen LogP contribution in [-0.4, -0.2) is 18.3 Å². The Morgan fingerprint density at radius 1 is 0.393 bits per heavy atom. The van der Waals surface area contributed by atoms with Gasteiger partial charge in [0.05, 0.1) is 83.7 Å². The van der Waals surface area contributed by atoms with Crippen LogP contribution in [-0.2, 0) is 0 Å². The van der Waals surface area contributed by atoms with Gasteiger partial charge in [-0.05, 0) is 103 Å². The zero-order chi connectivity index (χ0) is 55.6. The van der Waals surface area contributed by atoms with Crippen LogP contribution in [0.3, 0.4) is 0 Å². The molecular weight excluding hydrogens is 1040 g/mol. The number of thiophene rings is 1. The molecule has 12 aromatic carbocycles. The number of aromatic nitrogens is 4. The predicted molar refractivity (Wildman–Crippen MR) is 350 cm³/mol. The summed E-state index contributed by atoms with van der Waals surface area (Å²) in [4.78, 5) is 4.92. The lowest BCUT2D eigenvalue weighted by Crippen LogP contribution is -2.14. The van der Waals surface area contributed by atoms with E-state index in [1.807, 2.05) is 24.3 Å². The van der Waals surface area contributed by atoms with Crippen molar-refractivity contribution in [3.8, 4) is 39.9 Å². The second-order valence-corrected chi connectivity index (χ2v) is 23.2. The van der Waals surface area contributed by atoms with Gasteiger partial charge in [-0.3, -0.25) is 0 Å². The monoisotopic (exact) mass is 1090 g/mol. The van der Waals surface area contributed by atoms with Gasteiger partial charge in [-0.2, -0.15) is 5.26 Å². The molecule has 0 unspecified atom stereocenters. The van der Waals surface area contributed by atoms with Crippen LogP contribution in [0.25, 0.3) is 168 Å². The van der Waals surface area contributed by atoms with Gasteiger partial charge in [-0.1, -0.05) is 164 Å². The third-order valence-corrected chi connectivity index (χ3v) is 19.1. The first-order valence-electron chi connectivity index (χ1n) is 28.3. The van der Waals surface area contributed by atoms with Crippen molar-refractivity contribution in [3.63, 3.8) is 0 Å². The zero-order valence-corrected chi connectivity index (χ0v) is 46.3. The predicted octanol–water partition coefficient (Wildman–Crippen LogP) is 21.0. The van der Waals surface area contributed by atoms with Crippen molar-refractivity contribution in [3.05, 3.63) is 259 Å². The molecule has 6 aromatic heterocycles. The SMILES string of the molecule is [C-]#[N+]c1c(-n2c3ccccc3c3ccccc32)c(-n2c3cc(C)c(C)cc3c3ccc4c5ccccc5sc4c32)c(-n2c3ccccc3c3ccccc32)c(C#N)c1-n1c2ccc(-c3ccccc3)cc2c2ccc3c4ccccc4oc3c21. The quantitative estimate of drug-likeness (QED) is 0.161. The first-order chi connectivity index (χ1) is 41.5. The standard InChI is InChI=1S/C76H44N6OS/c1-43-39-57-54-35-37-56-52-26-12-18-32-67(52)84-76(56)72(54)82(65(57)40-44(43)2)74-70(79-60-27-13-7-21-47(60)48-22-8-14-28-61(48)79)59(42-77)69(68(78-3)73(74)80-62-29-15-9-23-49(62)50-24-10-16-30-63(50)80)81-64-38-33-46(45-19-5-4-6-20-45)41-58(64)53-34-36-55-51-25-11-17-31-66(51)83-75(55)71(53)81/h4-41H,1-2H3. The molecule has 390 valence electrons. The van der Waals surface area contributed by atoms with Gasteiger partial charge in [-0.15, -0.1) is 11.3 Å². The summed E-state index contributed by atoms with van der Waals surface area (Å²) in [5.74, 6) is 0. The van der Waals surface area contributed by atoms with Crippen LogP contribution in [0.1, 0.15) is 16.7 Å². The number of hydrogen-bond acceptors (Lipinski definition) is 3. The number of hydrogen-bond donors (Lipinski definition) is 0. The second kappa shape index (κ2) is 17.2. The largest absolute Gasteiger partial charge is 0.454 e. The van der Waals surface area contributed by atoms with Crippen molar-refractivity contribution in [2.24, 2.45) is 0 Å².